The number of hydrogen-bond donors (Lipinski definition) is 0. The van der Waals surface area contributed by atoms with Crippen molar-refractivity contribution in [2.75, 3.05) is 18.1 Å². The fourth-order valence-corrected chi connectivity index (χ4v) is 4.97. The molecule has 0 saturated carbocycles. The van der Waals surface area contributed by atoms with Gasteiger partial charge in [-0.15, -0.1) is 0 Å². The highest BCUT2D eigenvalue weighted by Crippen LogP contribution is 2.37. The van der Waals surface area contributed by atoms with E-state index < -0.39 is 11.9 Å². The Morgan fingerprint density at radius 1 is 0.825 bits per heavy atom. The van der Waals surface area contributed by atoms with E-state index in [9.17, 15) is 14.4 Å². The minimum atomic E-state index is -0.425. The van der Waals surface area contributed by atoms with Crippen LogP contribution in [0.2, 0.25) is 0 Å². The van der Waals surface area contributed by atoms with Crippen LogP contribution < -0.4 is 4.90 Å². The van der Waals surface area contributed by atoms with Crippen LogP contribution in [0.3, 0.4) is 0 Å². The van der Waals surface area contributed by atoms with Gasteiger partial charge in [0.15, 0.2) is 5.17 Å². The highest BCUT2D eigenvalue weighted by Gasteiger charge is 2.35. The summed E-state index contributed by atoms with van der Waals surface area (Å²) in [6, 6.07) is 21.5. The molecule has 40 heavy (non-hydrogen) atoms. The van der Waals surface area contributed by atoms with Crippen molar-refractivity contribution >= 4 is 52.2 Å². The van der Waals surface area contributed by atoms with Gasteiger partial charge in [0.25, 0.3) is 5.91 Å². The van der Waals surface area contributed by atoms with Gasteiger partial charge in [0.1, 0.15) is 0 Å². The van der Waals surface area contributed by atoms with Crippen LogP contribution in [0.4, 0.5) is 11.4 Å². The van der Waals surface area contributed by atoms with Gasteiger partial charge in [-0.3, -0.25) is 9.69 Å². The molecule has 1 fully saturated rings. The third kappa shape index (κ3) is 6.69. The number of aliphatic imine (C=N–C) groups is 1. The third-order valence-corrected chi connectivity index (χ3v) is 7.09. The summed E-state index contributed by atoms with van der Waals surface area (Å²) < 4.78 is 10.1. The number of amidine groups is 1. The molecule has 0 aromatic heterocycles. The Hall–Kier alpha value is -4.17. The molecule has 0 bridgehead atoms. The maximum Gasteiger partial charge on any atom is 0.338 e. The van der Waals surface area contributed by atoms with Gasteiger partial charge in [0, 0.05) is 0 Å². The Bertz CT molecular complexity index is 1450. The summed E-state index contributed by atoms with van der Waals surface area (Å²) in [5.41, 5.74) is 4.10. The molecule has 0 aliphatic carbocycles. The summed E-state index contributed by atoms with van der Waals surface area (Å²) in [7, 11) is 0. The smallest absolute Gasteiger partial charge is 0.338 e. The molecule has 3 aromatic rings. The van der Waals surface area contributed by atoms with E-state index in [0.717, 1.165) is 5.56 Å². The van der Waals surface area contributed by atoms with Crippen molar-refractivity contribution in [1.82, 2.24) is 0 Å². The number of hydrogen-bond acceptors (Lipinski definition) is 7. The number of amides is 1. The number of carbonyl (C=O) groups is 3. The third-order valence-electron chi connectivity index (χ3n) is 6.12. The zero-order valence-electron chi connectivity index (χ0n) is 23.3. The number of rotatable bonds is 7. The normalized spacial score (nSPS) is 15.5. The van der Waals surface area contributed by atoms with E-state index >= 15 is 0 Å². The Morgan fingerprint density at radius 3 is 1.85 bits per heavy atom. The topological polar surface area (TPSA) is 85.3 Å². The number of ether oxygens (including phenoxy) is 2. The molecule has 0 unspecified atom stereocenters. The second kappa shape index (κ2) is 12.3. The number of anilines is 1. The first-order chi connectivity index (χ1) is 19.1. The van der Waals surface area contributed by atoms with E-state index in [1.165, 1.54) is 22.2 Å². The van der Waals surface area contributed by atoms with E-state index in [0.29, 0.717) is 39.2 Å². The maximum absolute atomic E-state index is 13.7. The summed E-state index contributed by atoms with van der Waals surface area (Å²) in [5, 5.41) is 0.454. The highest BCUT2D eigenvalue weighted by atomic mass is 32.2. The van der Waals surface area contributed by atoms with Crippen LogP contribution in [0, 0.1) is 0 Å². The first kappa shape index (κ1) is 28.8. The second-order valence-electron chi connectivity index (χ2n) is 10.1. The minimum absolute atomic E-state index is 0.0266. The van der Waals surface area contributed by atoms with Gasteiger partial charge < -0.3 is 9.47 Å². The molecular formula is C32H32N2O5S. The standard InChI is InChI=1S/C32H32N2O5S/c1-6-38-29(36)22-10-16-25(17-11-22)33-31-34(26-18-12-23(13-19-26)30(37)39-7-2)28(35)27(40-31)20-21-8-14-24(15-9-21)32(3,4)5/h8-20H,6-7H2,1-5H3. The molecule has 0 atom stereocenters. The summed E-state index contributed by atoms with van der Waals surface area (Å²) in [6.07, 6.45) is 1.85. The quantitative estimate of drug-likeness (QED) is 0.227. The van der Waals surface area contributed by atoms with Crippen LogP contribution in [0.1, 0.15) is 66.5 Å². The number of nitrogens with zero attached hydrogens (tertiary/aromatic N) is 2. The molecule has 7 nitrogen and oxygen atoms in total. The van der Waals surface area contributed by atoms with Gasteiger partial charge >= 0.3 is 11.9 Å². The van der Waals surface area contributed by atoms with Crippen LogP contribution in [0.15, 0.2) is 82.7 Å². The van der Waals surface area contributed by atoms with E-state index in [-0.39, 0.29) is 17.9 Å². The van der Waals surface area contributed by atoms with E-state index in [1.807, 2.05) is 18.2 Å². The fraction of sp³-hybridized carbons (Fsp3) is 0.250. The molecule has 0 spiro atoms. The Balaban J connectivity index is 1.69. The van der Waals surface area contributed by atoms with Gasteiger partial charge in [-0.2, -0.15) is 0 Å². The molecule has 206 valence electrons. The molecular weight excluding hydrogens is 524 g/mol. The van der Waals surface area contributed by atoms with Crippen molar-refractivity contribution in [2.24, 2.45) is 4.99 Å². The van der Waals surface area contributed by atoms with E-state index in [4.69, 9.17) is 14.5 Å². The van der Waals surface area contributed by atoms with Gasteiger partial charge in [0.2, 0.25) is 0 Å². The summed E-state index contributed by atoms with van der Waals surface area (Å²) >= 11 is 1.26. The second-order valence-corrected chi connectivity index (χ2v) is 11.1. The molecule has 0 radical (unpaired) electrons. The fourth-order valence-electron chi connectivity index (χ4n) is 3.97. The molecule has 4 rings (SSSR count). The maximum atomic E-state index is 13.7. The summed E-state index contributed by atoms with van der Waals surface area (Å²) in [5.74, 6) is -1.06. The molecule has 3 aromatic carbocycles. The minimum Gasteiger partial charge on any atom is -0.462 e. The average Bonchev–Trinajstić information content (AvgIpc) is 3.23. The molecule has 8 heteroatoms. The molecule has 1 aliphatic heterocycles. The molecule has 1 heterocycles. The lowest BCUT2D eigenvalue weighted by atomic mass is 9.87. The zero-order valence-corrected chi connectivity index (χ0v) is 24.1. The van der Waals surface area contributed by atoms with Crippen LogP contribution in [0.5, 0.6) is 0 Å². The summed E-state index contributed by atoms with van der Waals surface area (Å²) in [6.45, 7) is 10.5. The van der Waals surface area contributed by atoms with Gasteiger partial charge in [-0.25, -0.2) is 14.6 Å². The van der Waals surface area contributed by atoms with Crippen molar-refractivity contribution in [3.05, 3.63) is 100.0 Å². The van der Waals surface area contributed by atoms with Gasteiger partial charge in [-0.1, -0.05) is 45.0 Å². The Morgan fingerprint density at radius 2 is 1.35 bits per heavy atom. The number of thioether (sulfide) groups is 1. The largest absolute Gasteiger partial charge is 0.462 e. The average molecular weight is 557 g/mol. The number of esters is 2. The summed E-state index contributed by atoms with van der Waals surface area (Å²) in [4.78, 5) is 44.6. The first-order valence-corrected chi connectivity index (χ1v) is 13.9. The van der Waals surface area contributed by atoms with Crippen molar-refractivity contribution in [2.45, 2.75) is 40.0 Å². The first-order valence-electron chi connectivity index (χ1n) is 13.1. The van der Waals surface area contributed by atoms with Crippen molar-refractivity contribution in [3.8, 4) is 0 Å². The lowest BCUT2D eigenvalue weighted by Crippen LogP contribution is -2.28. The number of carbonyl (C=O) groups excluding carboxylic acids is 3. The lowest BCUT2D eigenvalue weighted by molar-refractivity contribution is -0.113. The van der Waals surface area contributed by atoms with Crippen LogP contribution >= 0.6 is 11.8 Å². The van der Waals surface area contributed by atoms with E-state index in [2.05, 4.69) is 32.9 Å². The van der Waals surface area contributed by atoms with Gasteiger partial charge in [0.05, 0.1) is 40.6 Å². The van der Waals surface area contributed by atoms with E-state index in [1.54, 1.807) is 62.4 Å². The predicted molar refractivity (Wildman–Crippen MR) is 160 cm³/mol. The lowest BCUT2D eigenvalue weighted by Gasteiger charge is -2.18. The monoisotopic (exact) mass is 556 g/mol. The number of benzene rings is 3. The van der Waals surface area contributed by atoms with Crippen molar-refractivity contribution in [3.63, 3.8) is 0 Å². The van der Waals surface area contributed by atoms with Crippen LogP contribution in [-0.4, -0.2) is 36.2 Å². The van der Waals surface area contributed by atoms with Gasteiger partial charge in [-0.05, 0) is 96.8 Å². The molecule has 1 amide bonds. The van der Waals surface area contributed by atoms with Crippen LogP contribution in [-0.2, 0) is 19.7 Å². The zero-order chi connectivity index (χ0) is 28.9. The van der Waals surface area contributed by atoms with Crippen molar-refractivity contribution < 1.29 is 23.9 Å². The predicted octanol–water partition coefficient (Wildman–Crippen LogP) is 7.15. The van der Waals surface area contributed by atoms with Crippen molar-refractivity contribution in [1.29, 1.82) is 0 Å². The molecule has 0 N–H and O–H groups in total. The van der Waals surface area contributed by atoms with Crippen LogP contribution in [0.25, 0.3) is 6.08 Å². The Kier molecular flexibility index (Phi) is 8.90. The molecule has 1 aliphatic rings. The SMILES string of the molecule is CCOC(=O)c1ccc(N=C2SC(=Cc3ccc(C(C)(C)C)cc3)C(=O)N2c2ccc(C(=O)OCC)cc2)cc1. The highest BCUT2D eigenvalue weighted by molar-refractivity contribution is 8.19. The Labute approximate surface area is 238 Å². The molecule has 1 saturated heterocycles.